The Labute approximate surface area is 289 Å². The third kappa shape index (κ3) is 8.26. The summed E-state index contributed by atoms with van der Waals surface area (Å²) in [6, 6.07) is 18.2. The lowest BCUT2D eigenvalue weighted by atomic mass is 10.1. The van der Waals surface area contributed by atoms with E-state index in [0.29, 0.717) is 55.6 Å². The Morgan fingerprint density at radius 3 is 2.16 bits per heavy atom. The zero-order valence-corrected chi connectivity index (χ0v) is 27.6. The van der Waals surface area contributed by atoms with Crippen LogP contribution in [0.3, 0.4) is 0 Å². The molecule has 3 heterocycles. The van der Waals surface area contributed by atoms with Crippen LogP contribution in [-0.2, 0) is 19.8 Å². The van der Waals surface area contributed by atoms with Gasteiger partial charge in [-0.05, 0) is 60.2 Å². The van der Waals surface area contributed by atoms with Crippen molar-refractivity contribution in [3.05, 3.63) is 108 Å². The van der Waals surface area contributed by atoms with Crippen LogP contribution in [-0.4, -0.2) is 82.4 Å². The van der Waals surface area contributed by atoms with Gasteiger partial charge in [0, 0.05) is 63.8 Å². The van der Waals surface area contributed by atoms with Gasteiger partial charge in [-0.1, -0.05) is 12.1 Å². The Bertz CT molecular complexity index is 1990. The van der Waals surface area contributed by atoms with Gasteiger partial charge in [0.25, 0.3) is 18.2 Å². The van der Waals surface area contributed by atoms with Crippen LogP contribution in [0.5, 0.6) is 17.5 Å². The van der Waals surface area contributed by atoms with Crippen LogP contribution in [0.2, 0.25) is 0 Å². The summed E-state index contributed by atoms with van der Waals surface area (Å²) in [5.74, 6) is 0.191. The average molecular weight is 709 g/mol. The number of aromatic nitrogens is 3. The van der Waals surface area contributed by atoms with Gasteiger partial charge in [0.2, 0.25) is 0 Å². The van der Waals surface area contributed by atoms with E-state index in [4.69, 9.17) is 9.47 Å². The summed E-state index contributed by atoms with van der Waals surface area (Å²) in [5, 5.41) is 0.840. The number of anilines is 1. The first kappa shape index (κ1) is 35.3. The fourth-order valence-corrected chi connectivity index (χ4v) is 5.71. The average Bonchev–Trinajstić information content (AvgIpc) is 3.46. The fraction of sp³-hybridized carbons (Fsp3) is 0.278. The number of hydrogen-bond acceptors (Lipinski definition) is 7. The van der Waals surface area contributed by atoms with Crippen LogP contribution in [0.15, 0.2) is 85.2 Å². The van der Waals surface area contributed by atoms with E-state index in [1.165, 1.54) is 24.3 Å². The third-order valence-electron chi connectivity index (χ3n) is 8.58. The molecule has 1 fully saturated rings. The molecule has 6 rings (SSSR count). The number of piperazine rings is 1. The summed E-state index contributed by atoms with van der Waals surface area (Å²) in [6.07, 6.45) is -4.29. The van der Waals surface area contributed by atoms with Gasteiger partial charge in [0.1, 0.15) is 23.8 Å². The smallest absolute Gasteiger partial charge is 0.416 e. The van der Waals surface area contributed by atoms with E-state index < -0.39 is 30.7 Å². The Kier molecular flexibility index (Phi) is 10.2. The molecule has 1 saturated heterocycles. The molecule has 0 bridgehead atoms. The minimum absolute atomic E-state index is 0.00729. The molecule has 2 aromatic heterocycles. The number of aryl methyl sites for hydroxylation is 1. The molecule has 0 unspecified atom stereocenters. The lowest BCUT2D eigenvalue weighted by molar-refractivity contribution is -0.137. The second-order valence-corrected chi connectivity index (χ2v) is 12.0. The van der Waals surface area contributed by atoms with Gasteiger partial charge in [-0.2, -0.15) is 13.2 Å². The van der Waals surface area contributed by atoms with E-state index in [2.05, 4.69) is 14.9 Å². The minimum Gasteiger partial charge on any atom is -0.488 e. The first-order chi connectivity index (χ1) is 24.4. The molecule has 0 spiro atoms. The number of fused-ring (bicyclic) bond motifs is 1. The van der Waals surface area contributed by atoms with Crippen LogP contribution in [0, 0.1) is 0 Å². The maximum Gasteiger partial charge on any atom is 0.416 e. The summed E-state index contributed by atoms with van der Waals surface area (Å²) in [7, 11) is 3.26. The number of carbonyl (C=O) groups excluding carboxylic acids is 2. The SMILES string of the molecule is CN(C(=O)c1ccc(C(F)(F)F)cc1)c1cnc(Oc2ccc3cc(C(=O)N4CCN(Cc5ccc(OCC(F)F)cc5)CC4)n(C)c3c2)nc1. The molecule has 0 atom stereocenters. The predicted molar refractivity (Wildman–Crippen MR) is 178 cm³/mol. The lowest BCUT2D eigenvalue weighted by Gasteiger charge is -2.34. The molecule has 0 N–H and O–H groups in total. The second kappa shape index (κ2) is 14.7. The molecule has 0 saturated carbocycles. The summed E-state index contributed by atoms with van der Waals surface area (Å²) in [5.41, 5.74) is 1.84. The van der Waals surface area contributed by atoms with Gasteiger partial charge >= 0.3 is 12.2 Å². The van der Waals surface area contributed by atoms with Crippen LogP contribution >= 0.6 is 0 Å². The number of rotatable bonds is 10. The highest BCUT2D eigenvalue weighted by Crippen LogP contribution is 2.30. The van der Waals surface area contributed by atoms with Crippen molar-refractivity contribution in [2.45, 2.75) is 19.1 Å². The predicted octanol–water partition coefficient (Wildman–Crippen LogP) is 6.66. The molecule has 5 aromatic rings. The van der Waals surface area contributed by atoms with Crippen LogP contribution in [0.25, 0.3) is 10.9 Å². The first-order valence-corrected chi connectivity index (χ1v) is 15.9. The molecular formula is C36H33F5N6O4. The van der Waals surface area contributed by atoms with Crippen molar-refractivity contribution >= 4 is 28.4 Å². The van der Waals surface area contributed by atoms with E-state index in [0.717, 1.165) is 40.7 Å². The Hall–Kier alpha value is -5.57. The minimum atomic E-state index is -4.50. The number of nitrogens with zero attached hydrogens (tertiary/aromatic N) is 6. The van der Waals surface area contributed by atoms with Crippen molar-refractivity contribution < 1.29 is 41.0 Å². The Morgan fingerprint density at radius 2 is 1.53 bits per heavy atom. The second-order valence-electron chi connectivity index (χ2n) is 12.0. The molecule has 0 aliphatic carbocycles. The molecule has 2 amide bonds. The third-order valence-corrected chi connectivity index (χ3v) is 8.58. The van der Waals surface area contributed by atoms with E-state index in [1.807, 2.05) is 29.2 Å². The zero-order chi connectivity index (χ0) is 36.3. The number of ether oxygens (including phenoxy) is 2. The van der Waals surface area contributed by atoms with Crippen molar-refractivity contribution in [2.75, 3.05) is 44.7 Å². The molecule has 1 aliphatic rings. The first-order valence-electron chi connectivity index (χ1n) is 15.9. The van der Waals surface area contributed by atoms with Crippen molar-refractivity contribution in [1.29, 1.82) is 0 Å². The van der Waals surface area contributed by atoms with E-state index in [1.54, 1.807) is 35.9 Å². The molecule has 0 radical (unpaired) electrons. The maximum atomic E-state index is 13.6. The van der Waals surface area contributed by atoms with Crippen molar-refractivity contribution in [3.8, 4) is 17.5 Å². The highest BCUT2D eigenvalue weighted by molar-refractivity contribution is 6.05. The molecule has 51 heavy (non-hydrogen) atoms. The standard InChI is InChI=1S/C36H33F5N6O4/c1-44(33(48)24-5-8-26(9-6-24)36(39,40)41)27-19-42-35(43-20-27)51-29-12-7-25-17-31(45(2)30(25)18-29)34(49)47-15-13-46(14-16-47)21-23-3-10-28(11-4-23)50-22-32(37)38/h3-12,17-20,32H,13-16,21-22H2,1-2H3. The topological polar surface area (TPSA) is 93.0 Å². The van der Waals surface area contributed by atoms with Gasteiger partial charge in [-0.25, -0.2) is 18.7 Å². The quantitative estimate of drug-likeness (QED) is 0.150. The zero-order valence-electron chi connectivity index (χ0n) is 27.6. The van der Waals surface area contributed by atoms with E-state index in [-0.39, 0.29) is 17.5 Å². The van der Waals surface area contributed by atoms with Gasteiger partial charge in [0.15, 0.2) is 0 Å². The summed E-state index contributed by atoms with van der Waals surface area (Å²) < 4.78 is 76.1. The normalized spacial score (nSPS) is 13.8. The Balaban J connectivity index is 1.04. The van der Waals surface area contributed by atoms with E-state index >= 15 is 0 Å². The molecule has 1 aliphatic heterocycles. The highest BCUT2D eigenvalue weighted by atomic mass is 19.4. The summed E-state index contributed by atoms with van der Waals surface area (Å²) in [6.45, 7) is 2.46. The maximum absolute atomic E-state index is 13.6. The molecule has 266 valence electrons. The molecular weight excluding hydrogens is 675 g/mol. The number of hydrogen-bond donors (Lipinski definition) is 0. The number of halogens is 5. The fourth-order valence-electron chi connectivity index (χ4n) is 5.71. The van der Waals surface area contributed by atoms with Crippen molar-refractivity contribution in [3.63, 3.8) is 0 Å². The van der Waals surface area contributed by atoms with Crippen LogP contribution < -0.4 is 14.4 Å². The number of benzene rings is 3. The molecule has 15 heteroatoms. The van der Waals surface area contributed by atoms with Crippen molar-refractivity contribution in [1.82, 2.24) is 24.3 Å². The van der Waals surface area contributed by atoms with Gasteiger partial charge in [-0.15, -0.1) is 0 Å². The monoisotopic (exact) mass is 708 g/mol. The van der Waals surface area contributed by atoms with Crippen molar-refractivity contribution in [2.24, 2.45) is 7.05 Å². The lowest BCUT2D eigenvalue weighted by Crippen LogP contribution is -2.48. The number of alkyl halides is 5. The van der Waals surface area contributed by atoms with Crippen LogP contribution in [0.1, 0.15) is 32.0 Å². The summed E-state index contributed by atoms with van der Waals surface area (Å²) in [4.78, 5) is 40.0. The number of amides is 2. The summed E-state index contributed by atoms with van der Waals surface area (Å²) >= 11 is 0. The Morgan fingerprint density at radius 1 is 0.882 bits per heavy atom. The van der Waals surface area contributed by atoms with Crippen LogP contribution in [0.4, 0.5) is 27.6 Å². The van der Waals surface area contributed by atoms with E-state index in [9.17, 15) is 31.5 Å². The highest BCUT2D eigenvalue weighted by Gasteiger charge is 2.30. The number of carbonyl (C=O) groups is 2. The largest absolute Gasteiger partial charge is 0.488 e. The molecule has 10 nitrogen and oxygen atoms in total. The van der Waals surface area contributed by atoms with Gasteiger partial charge in [-0.3, -0.25) is 14.5 Å². The molecule has 3 aromatic carbocycles. The van der Waals surface area contributed by atoms with Gasteiger partial charge < -0.3 is 23.8 Å². The van der Waals surface area contributed by atoms with Gasteiger partial charge in [0.05, 0.1) is 29.2 Å².